The van der Waals surface area contributed by atoms with Crippen LogP contribution in [0.4, 0.5) is 0 Å². The lowest BCUT2D eigenvalue weighted by Crippen LogP contribution is -1.85. The number of hydrogen-bond donors (Lipinski definition) is 0. The Balaban J connectivity index is 2.04. The fourth-order valence-corrected chi connectivity index (χ4v) is 1.73. The molecule has 1 aliphatic carbocycles. The van der Waals surface area contributed by atoms with E-state index in [4.69, 9.17) is 4.42 Å². The maximum Gasteiger partial charge on any atom is 0.243 e. The zero-order valence-electron chi connectivity index (χ0n) is 7.47. The number of benzene rings is 1. The molecule has 68 valence electrons. The largest absolute Gasteiger partial charge is 0.424 e. The summed E-state index contributed by atoms with van der Waals surface area (Å²) in [5.74, 6) is 0.626. The lowest BCUT2D eigenvalue weighted by Gasteiger charge is -1.95. The molecule has 0 radical (unpaired) electrons. The zero-order chi connectivity index (χ0) is 9.38. The van der Waals surface area contributed by atoms with Crippen molar-refractivity contribution in [1.82, 2.24) is 10.2 Å². The zero-order valence-corrected chi connectivity index (χ0v) is 7.47. The molecule has 0 amide bonds. The molecule has 0 unspecified atom stereocenters. The Kier molecular flexibility index (Phi) is 1.50. The molecule has 3 rings (SSSR count). The number of fused-ring (bicyclic) bond motifs is 1. The van der Waals surface area contributed by atoms with E-state index in [0.717, 1.165) is 12.0 Å². The van der Waals surface area contributed by atoms with Gasteiger partial charge in [0.15, 0.2) is 0 Å². The van der Waals surface area contributed by atoms with Gasteiger partial charge < -0.3 is 4.42 Å². The van der Waals surface area contributed by atoms with Gasteiger partial charge in [0.1, 0.15) is 0 Å². The summed E-state index contributed by atoms with van der Waals surface area (Å²) >= 11 is 0. The van der Waals surface area contributed by atoms with E-state index < -0.39 is 0 Å². The summed E-state index contributed by atoms with van der Waals surface area (Å²) in [6.45, 7) is 0. The van der Waals surface area contributed by atoms with Gasteiger partial charge in [0.2, 0.25) is 12.3 Å². The monoisotopic (exact) mass is 184 g/mol. The molecular formula is C11H8N2O. The second-order valence-corrected chi connectivity index (χ2v) is 3.29. The van der Waals surface area contributed by atoms with E-state index >= 15 is 0 Å². The van der Waals surface area contributed by atoms with Crippen molar-refractivity contribution in [3.63, 3.8) is 0 Å². The number of rotatable bonds is 1. The van der Waals surface area contributed by atoms with Gasteiger partial charge in [0, 0.05) is 12.0 Å². The molecule has 3 nitrogen and oxygen atoms in total. The molecule has 14 heavy (non-hydrogen) atoms. The Morgan fingerprint density at radius 3 is 2.93 bits per heavy atom. The quantitative estimate of drug-likeness (QED) is 0.681. The fraction of sp³-hybridized carbons (Fsp3) is 0.0909. The molecule has 0 spiro atoms. The van der Waals surface area contributed by atoms with E-state index in [-0.39, 0.29) is 0 Å². The van der Waals surface area contributed by atoms with Crippen molar-refractivity contribution in [3.8, 4) is 0 Å². The normalized spacial score (nSPS) is 13.9. The molecule has 0 bridgehead atoms. The molecule has 2 aromatic rings. The van der Waals surface area contributed by atoms with Crippen LogP contribution in [0.25, 0.3) is 11.6 Å². The van der Waals surface area contributed by atoms with Crippen LogP contribution in [-0.2, 0) is 6.42 Å². The smallest absolute Gasteiger partial charge is 0.243 e. The van der Waals surface area contributed by atoms with Crippen LogP contribution in [0.15, 0.2) is 35.1 Å². The first-order valence-corrected chi connectivity index (χ1v) is 4.48. The van der Waals surface area contributed by atoms with Crippen molar-refractivity contribution in [3.05, 3.63) is 47.7 Å². The van der Waals surface area contributed by atoms with Crippen molar-refractivity contribution in [2.24, 2.45) is 0 Å². The second-order valence-electron chi connectivity index (χ2n) is 3.29. The number of hydrogen-bond acceptors (Lipinski definition) is 3. The highest BCUT2D eigenvalue weighted by Crippen LogP contribution is 2.29. The van der Waals surface area contributed by atoms with Crippen LogP contribution in [0.5, 0.6) is 0 Å². The van der Waals surface area contributed by atoms with E-state index in [9.17, 15) is 0 Å². The molecule has 0 saturated carbocycles. The van der Waals surface area contributed by atoms with Crippen molar-refractivity contribution in [2.45, 2.75) is 6.42 Å². The third-order valence-electron chi connectivity index (χ3n) is 2.40. The maximum atomic E-state index is 5.16. The summed E-state index contributed by atoms with van der Waals surface area (Å²) < 4.78 is 5.16. The topological polar surface area (TPSA) is 38.9 Å². The van der Waals surface area contributed by atoms with Crippen molar-refractivity contribution in [2.75, 3.05) is 0 Å². The minimum absolute atomic E-state index is 0.626. The van der Waals surface area contributed by atoms with Crippen LogP contribution < -0.4 is 0 Å². The van der Waals surface area contributed by atoms with Gasteiger partial charge in [0.05, 0.1) is 0 Å². The van der Waals surface area contributed by atoms with E-state index in [2.05, 4.69) is 28.4 Å². The van der Waals surface area contributed by atoms with E-state index in [1.807, 2.05) is 12.1 Å². The predicted molar refractivity (Wildman–Crippen MR) is 52.3 cm³/mol. The Labute approximate surface area is 81.1 Å². The molecule has 3 heteroatoms. The summed E-state index contributed by atoms with van der Waals surface area (Å²) in [6, 6.07) is 8.30. The first-order valence-electron chi connectivity index (χ1n) is 4.48. The molecule has 1 aliphatic rings. The summed E-state index contributed by atoms with van der Waals surface area (Å²) in [7, 11) is 0. The van der Waals surface area contributed by atoms with Gasteiger partial charge in [0.25, 0.3) is 0 Å². The fourth-order valence-electron chi connectivity index (χ4n) is 1.73. The Morgan fingerprint density at radius 2 is 2.14 bits per heavy atom. The van der Waals surface area contributed by atoms with Gasteiger partial charge in [-0.1, -0.05) is 24.3 Å². The third kappa shape index (κ3) is 1.06. The van der Waals surface area contributed by atoms with Gasteiger partial charge in [-0.3, -0.25) is 0 Å². The maximum absolute atomic E-state index is 5.16. The van der Waals surface area contributed by atoms with Gasteiger partial charge >= 0.3 is 0 Å². The molecular weight excluding hydrogens is 176 g/mol. The SMILES string of the molecule is C1=C(c2nnco2)Cc2ccccc21. The molecule has 0 N–H and O–H groups in total. The molecule has 1 heterocycles. The van der Waals surface area contributed by atoms with Crippen molar-refractivity contribution < 1.29 is 4.42 Å². The highest BCUT2D eigenvalue weighted by atomic mass is 16.4. The summed E-state index contributed by atoms with van der Waals surface area (Å²) in [4.78, 5) is 0. The number of allylic oxidation sites excluding steroid dienone is 1. The number of nitrogens with zero attached hydrogens (tertiary/aromatic N) is 2. The Bertz CT molecular complexity index is 486. The average molecular weight is 184 g/mol. The summed E-state index contributed by atoms with van der Waals surface area (Å²) in [6.07, 6.45) is 4.35. The third-order valence-corrected chi connectivity index (χ3v) is 2.40. The highest BCUT2D eigenvalue weighted by Gasteiger charge is 2.16. The Morgan fingerprint density at radius 1 is 1.21 bits per heavy atom. The van der Waals surface area contributed by atoms with Crippen molar-refractivity contribution >= 4 is 11.6 Å². The Hall–Kier alpha value is -1.90. The van der Waals surface area contributed by atoms with Crippen molar-refractivity contribution in [1.29, 1.82) is 0 Å². The van der Waals surface area contributed by atoms with Gasteiger partial charge in [-0.05, 0) is 17.2 Å². The molecule has 1 aromatic carbocycles. The molecule has 0 saturated heterocycles. The van der Waals surface area contributed by atoms with E-state index in [1.165, 1.54) is 17.5 Å². The summed E-state index contributed by atoms with van der Waals surface area (Å²) in [5, 5.41) is 7.57. The van der Waals surface area contributed by atoms with Crippen LogP contribution in [-0.4, -0.2) is 10.2 Å². The summed E-state index contributed by atoms with van der Waals surface area (Å²) in [5.41, 5.74) is 3.67. The molecule has 0 aliphatic heterocycles. The van der Waals surface area contributed by atoms with Crippen LogP contribution in [0, 0.1) is 0 Å². The minimum Gasteiger partial charge on any atom is -0.424 e. The van der Waals surface area contributed by atoms with Gasteiger partial charge in [-0.2, -0.15) is 0 Å². The number of aromatic nitrogens is 2. The van der Waals surface area contributed by atoms with Gasteiger partial charge in [-0.15, -0.1) is 10.2 Å². The lowest BCUT2D eigenvalue weighted by atomic mass is 10.1. The van der Waals surface area contributed by atoms with E-state index in [0.29, 0.717) is 5.89 Å². The predicted octanol–water partition coefficient (Wildman–Crippen LogP) is 2.17. The van der Waals surface area contributed by atoms with Crippen LogP contribution in [0.1, 0.15) is 17.0 Å². The molecule has 1 aromatic heterocycles. The average Bonchev–Trinajstić information content (AvgIpc) is 2.86. The van der Waals surface area contributed by atoms with Crippen LogP contribution in [0.3, 0.4) is 0 Å². The molecule has 0 fully saturated rings. The first-order chi connectivity index (χ1) is 6.93. The second kappa shape index (κ2) is 2.80. The minimum atomic E-state index is 0.626. The standard InChI is InChI=1S/C11H8N2O/c1-2-4-9-6-10(5-8(9)3-1)11-13-12-7-14-11/h1-5,7H,6H2. The molecule has 0 atom stereocenters. The van der Waals surface area contributed by atoms with Crippen LogP contribution >= 0.6 is 0 Å². The lowest BCUT2D eigenvalue weighted by molar-refractivity contribution is 0.537. The van der Waals surface area contributed by atoms with Gasteiger partial charge in [-0.25, -0.2) is 0 Å². The van der Waals surface area contributed by atoms with E-state index in [1.54, 1.807) is 0 Å². The van der Waals surface area contributed by atoms with Crippen LogP contribution in [0.2, 0.25) is 0 Å². The first kappa shape index (κ1) is 7.50. The highest BCUT2D eigenvalue weighted by molar-refractivity contribution is 5.85.